The molecule has 1 aromatic heterocycles. The van der Waals surface area contributed by atoms with Gasteiger partial charge >= 0.3 is 0 Å². The van der Waals surface area contributed by atoms with E-state index >= 15 is 0 Å². The number of nitrogens with one attached hydrogen (secondary N) is 1. The highest BCUT2D eigenvalue weighted by Gasteiger charge is 2.10. The lowest BCUT2D eigenvalue weighted by atomic mass is 10.2. The molecule has 0 atom stereocenters. The van der Waals surface area contributed by atoms with Gasteiger partial charge in [0.2, 0.25) is 0 Å². The van der Waals surface area contributed by atoms with E-state index in [1.54, 1.807) is 18.2 Å². The summed E-state index contributed by atoms with van der Waals surface area (Å²) in [5, 5.41) is 2.64. The number of aromatic nitrogens is 1. The maximum atomic E-state index is 13.4. The first-order valence-electron chi connectivity index (χ1n) is 6.23. The number of carbonyl (C=O) groups excluding carboxylic acids is 1. The zero-order chi connectivity index (χ0) is 15.1. The number of pyridine rings is 1. The molecule has 0 unspecified atom stereocenters. The van der Waals surface area contributed by atoms with Crippen LogP contribution in [-0.2, 0) is 6.54 Å². The van der Waals surface area contributed by atoms with E-state index in [1.807, 2.05) is 6.07 Å². The zero-order valence-corrected chi connectivity index (χ0v) is 11.2. The molecule has 0 saturated heterocycles. The highest BCUT2D eigenvalue weighted by Crippen LogP contribution is 2.13. The predicted octanol–water partition coefficient (Wildman–Crippen LogP) is 2.16. The average Bonchev–Trinajstić information content (AvgIpc) is 2.51. The van der Waals surface area contributed by atoms with Crippen molar-refractivity contribution in [3.8, 4) is 18.1 Å². The summed E-state index contributed by atoms with van der Waals surface area (Å²) in [4.78, 5) is 15.5. The van der Waals surface area contributed by atoms with Crippen LogP contribution >= 0.6 is 0 Å². The minimum Gasteiger partial charge on any atom is -0.481 e. The van der Waals surface area contributed by atoms with Crippen molar-refractivity contribution in [3.63, 3.8) is 0 Å². The third kappa shape index (κ3) is 4.05. The van der Waals surface area contributed by atoms with Crippen LogP contribution in [0.5, 0.6) is 5.75 Å². The first-order chi connectivity index (χ1) is 10.2. The SMILES string of the molecule is C#CCOc1cccc(CNC(=O)c2ccncc2F)c1. The molecule has 1 aromatic carbocycles. The van der Waals surface area contributed by atoms with E-state index in [-0.39, 0.29) is 18.7 Å². The van der Waals surface area contributed by atoms with Gasteiger partial charge in [-0.2, -0.15) is 0 Å². The smallest absolute Gasteiger partial charge is 0.254 e. The van der Waals surface area contributed by atoms with Crippen molar-refractivity contribution in [2.24, 2.45) is 0 Å². The maximum absolute atomic E-state index is 13.4. The van der Waals surface area contributed by atoms with E-state index in [9.17, 15) is 9.18 Å². The Labute approximate surface area is 122 Å². The van der Waals surface area contributed by atoms with Crippen LogP contribution in [0.15, 0.2) is 42.7 Å². The van der Waals surface area contributed by atoms with E-state index in [0.717, 1.165) is 11.8 Å². The largest absolute Gasteiger partial charge is 0.481 e. The van der Waals surface area contributed by atoms with E-state index in [4.69, 9.17) is 11.2 Å². The number of ether oxygens (including phenoxy) is 1. The van der Waals surface area contributed by atoms with Gasteiger partial charge in [0.15, 0.2) is 5.82 Å². The van der Waals surface area contributed by atoms with Gasteiger partial charge in [0.05, 0.1) is 11.8 Å². The van der Waals surface area contributed by atoms with E-state index in [1.165, 1.54) is 12.3 Å². The summed E-state index contributed by atoms with van der Waals surface area (Å²) >= 11 is 0. The molecule has 4 nitrogen and oxygen atoms in total. The molecule has 5 heteroatoms. The van der Waals surface area contributed by atoms with Crippen LogP contribution in [0.3, 0.4) is 0 Å². The third-order valence-electron chi connectivity index (χ3n) is 2.69. The average molecular weight is 284 g/mol. The molecule has 1 N–H and O–H groups in total. The summed E-state index contributed by atoms with van der Waals surface area (Å²) < 4.78 is 18.7. The maximum Gasteiger partial charge on any atom is 0.254 e. The van der Waals surface area contributed by atoms with Crippen LogP contribution in [0, 0.1) is 18.2 Å². The van der Waals surface area contributed by atoms with Crippen LogP contribution < -0.4 is 10.1 Å². The number of terminal acetylenes is 1. The molecule has 0 spiro atoms. The lowest BCUT2D eigenvalue weighted by molar-refractivity contribution is 0.0946. The monoisotopic (exact) mass is 284 g/mol. The van der Waals surface area contributed by atoms with Gasteiger partial charge in [0.25, 0.3) is 5.91 Å². The number of hydrogen-bond acceptors (Lipinski definition) is 3. The topological polar surface area (TPSA) is 51.2 Å². The van der Waals surface area contributed by atoms with Crippen molar-refractivity contribution >= 4 is 5.91 Å². The second-order valence-corrected chi connectivity index (χ2v) is 4.18. The quantitative estimate of drug-likeness (QED) is 0.856. The van der Waals surface area contributed by atoms with Crippen LogP contribution in [0.1, 0.15) is 15.9 Å². The molecule has 0 aliphatic rings. The molecular weight excluding hydrogens is 271 g/mol. The van der Waals surface area contributed by atoms with Gasteiger partial charge in [-0.1, -0.05) is 18.1 Å². The standard InChI is InChI=1S/C16H13FN2O2/c1-2-8-21-13-5-3-4-12(9-13)10-19-16(20)14-6-7-18-11-15(14)17/h1,3-7,9,11H,8,10H2,(H,19,20). The van der Waals surface area contributed by atoms with Crippen LogP contribution in [0.4, 0.5) is 4.39 Å². The number of benzene rings is 1. The second-order valence-electron chi connectivity index (χ2n) is 4.18. The summed E-state index contributed by atoms with van der Waals surface area (Å²) in [6, 6.07) is 8.48. The summed E-state index contributed by atoms with van der Waals surface area (Å²) in [7, 11) is 0. The van der Waals surface area contributed by atoms with Gasteiger partial charge in [-0.3, -0.25) is 9.78 Å². The van der Waals surface area contributed by atoms with Crippen LogP contribution in [-0.4, -0.2) is 17.5 Å². The highest BCUT2D eigenvalue weighted by atomic mass is 19.1. The number of nitrogens with zero attached hydrogens (tertiary/aromatic N) is 1. The number of hydrogen-bond donors (Lipinski definition) is 1. The van der Waals surface area contributed by atoms with Gasteiger partial charge in [-0.15, -0.1) is 6.42 Å². The van der Waals surface area contributed by atoms with Crippen molar-refractivity contribution in [3.05, 3.63) is 59.7 Å². The van der Waals surface area contributed by atoms with E-state index < -0.39 is 11.7 Å². The fraction of sp³-hybridized carbons (Fsp3) is 0.125. The zero-order valence-electron chi connectivity index (χ0n) is 11.2. The molecule has 0 aliphatic heterocycles. The van der Waals surface area contributed by atoms with E-state index in [2.05, 4.69) is 16.2 Å². The minimum absolute atomic E-state index is 0.0373. The highest BCUT2D eigenvalue weighted by molar-refractivity contribution is 5.94. The Hall–Kier alpha value is -2.87. The van der Waals surface area contributed by atoms with Crippen molar-refractivity contribution in [2.45, 2.75) is 6.54 Å². The van der Waals surface area contributed by atoms with Crippen molar-refractivity contribution in [1.29, 1.82) is 0 Å². The normalized spacial score (nSPS) is 9.71. The molecule has 1 amide bonds. The Balaban J connectivity index is 1.98. The van der Waals surface area contributed by atoms with E-state index in [0.29, 0.717) is 5.75 Å². The van der Waals surface area contributed by atoms with Crippen LogP contribution in [0.25, 0.3) is 0 Å². The summed E-state index contributed by atoms with van der Waals surface area (Å²) in [6.07, 6.45) is 7.49. The summed E-state index contributed by atoms with van der Waals surface area (Å²) in [5.41, 5.74) is 0.789. The fourth-order valence-electron chi connectivity index (χ4n) is 1.71. The summed E-state index contributed by atoms with van der Waals surface area (Å²) in [5.74, 6) is 1.85. The van der Waals surface area contributed by atoms with Crippen LogP contribution in [0.2, 0.25) is 0 Å². The van der Waals surface area contributed by atoms with Gasteiger partial charge in [-0.05, 0) is 23.8 Å². The lowest BCUT2D eigenvalue weighted by Gasteiger charge is -2.08. The first kappa shape index (κ1) is 14.5. The molecule has 2 aromatic rings. The predicted molar refractivity (Wildman–Crippen MR) is 76.1 cm³/mol. The number of amides is 1. The van der Waals surface area contributed by atoms with Gasteiger partial charge in [0, 0.05) is 12.7 Å². The molecule has 1 heterocycles. The Bertz CT molecular complexity index is 680. The van der Waals surface area contributed by atoms with Crippen molar-refractivity contribution in [1.82, 2.24) is 10.3 Å². The number of rotatable bonds is 5. The Kier molecular flexibility index (Phi) is 4.89. The number of carbonyl (C=O) groups is 1. The van der Waals surface area contributed by atoms with Crippen molar-refractivity contribution < 1.29 is 13.9 Å². The molecule has 0 aliphatic carbocycles. The Morgan fingerprint density at radius 3 is 3.05 bits per heavy atom. The third-order valence-corrected chi connectivity index (χ3v) is 2.69. The number of halogens is 1. The Morgan fingerprint density at radius 1 is 1.43 bits per heavy atom. The molecule has 0 bridgehead atoms. The Morgan fingerprint density at radius 2 is 2.29 bits per heavy atom. The molecule has 106 valence electrons. The van der Waals surface area contributed by atoms with Gasteiger partial charge in [-0.25, -0.2) is 4.39 Å². The lowest BCUT2D eigenvalue weighted by Crippen LogP contribution is -2.23. The van der Waals surface area contributed by atoms with Gasteiger partial charge < -0.3 is 10.1 Å². The van der Waals surface area contributed by atoms with Crippen molar-refractivity contribution in [2.75, 3.05) is 6.61 Å². The molecule has 2 rings (SSSR count). The molecule has 21 heavy (non-hydrogen) atoms. The molecule has 0 fully saturated rings. The minimum atomic E-state index is -0.652. The second kappa shape index (κ2) is 7.06. The summed E-state index contributed by atoms with van der Waals surface area (Å²) in [6.45, 7) is 0.436. The van der Waals surface area contributed by atoms with Gasteiger partial charge in [0.1, 0.15) is 12.4 Å². The molecule has 0 radical (unpaired) electrons. The first-order valence-corrected chi connectivity index (χ1v) is 6.23. The molecular formula is C16H13FN2O2. The fourth-order valence-corrected chi connectivity index (χ4v) is 1.71. The molecule has 0 saturated carbocycles.